The fraction of sp³-hybridized carbons (Fsp3) is 0.143. The van der Waals surface area contributed by atoms with Crippen LogP contribution in [0.4, 0.5) is 4.79 Å². The number of methoxy groups -OCH3 is 1. The van der Waals surface area contributed by atoms with Crippen LogP contribution in [0.3, 0.4) is 0 Å². The summed E-state index contributed by atoms with van der Waals surface area (Å²) < 4.78 is 4.25. The Bertz CT molecular complexity index is 294. The molecule has 0 bridgehead atoms. The maximum atomic E-state index is 11.1. The van der Waals surface area contributed by atoms with Crippen molar-refractivity contribution in [3.63, 3.8) is 0 Å². The van der Waals surface area contributed by atoms with Gasteiger partial charge in [-0.3, -0.25) is 10.2 Å². The molecule has 0 saturated carbocycles. The summed E-state index contributed by atoms with van der Waals surface area (Å²) in [7, 11) is 1.21. The minimum Gasteiger partial charge on any atom is -0.452 e. The quantitative estimate of drug-likeness (QED) is 0.536. The number of amides is 2. The van der Waals surface area contributed by atoms with Crippen LogP contribution >= 0.6 is 0 Å². The van der Waals surface area contributed by atoms with Gasteiger partial charge in [-0.25, -0.2) is 10.2 Å². The van der Waals surface area contributed by atoms with E-state index >= 15 is 0 Å². The van der Waals surface area contributed by atoms with Crippen LogP contribution in [0.5, 0.6) is 0 Å². The normalized spacial score (nSPS) is 9.00. The predicted molar refractivity (Wildman–Crippen MR) is 43.8 cm³/mol. The molecule has 0 spiro atoms. The Hall–Kier alpha value is -1.98. The highest BCUT2D eigenvalue weighted by Gasteiger charge is 2.05. The van der Waals surface area contributed by atoms with Crippen LogP contribution in [-0.4, -0.2) is 24.1 Å². The van der Waals surface area contributed by atoms with E-state index in [0.717, 1.165) is 0 Å². The van der Waals surface area contributed by atoms with E-state index in [-0.39, 0.29) is 0 Å². The first-order valence-corrected chi connectivity index (χ1v) is 3.51. The van der Waals surface area contributed by atoms with Gasteiger partial charge in [-0.15, -0.1) is 0 Å². The van der Waals surface area contributed by atoms with Gasteiger partial charge in [-0.1, -0.05) is 0 Å². The minimum atomic E-state index is -0.719. The number of ether oxygens (including phenoxy) is 1. The lowest BCUT2D eigenvalue weighted by molar-refractivity contribution is 0.0921. The average Bonchev–Trinajstić information content (AvgIpc) is 2.66. The van der Waals surface area contributed by atoms with Crippen LogP contribution < -0.4 is 10.9 Å². The Labute approximate surface area is 74.2 Å². The molecule has 1 aromatic heterocycles. The summed E-state index contributed by atoms with van der Waals surface area (Å²) in [5.41, 5.74) is 4.63. The second-order valence-electron chi connectivity index (χ2n) is 2.17. The number of aromatic amines is 1. The van der Waals surface area contributed by atoms with Crippen molar-refractivity contribution < 1.29 is 14.3 Å². The number of hydrazine groups is 1. The zero-order valence-electron chi connectivity index (χ0n) is 6.96. The number of carbonyl (C=O) groups is 2. The summed E-state index contributed by atoms with van der Waals surface area (Å²) in [5.74, 6) is -0.411. The molecule has 6 heteroatoms. The highest BCUT2D eigenvalue weighted by Crippen LogP contribution is 1.94. The lowest BCUT2D eigenvalue weighted by Gasteiger charge is -2.03. The average molecular weight is 183 g/mol. The van der Waals surface area contributed by atoms with Gasteiger partial charge in [-0.05, 0) is 6.07 Å². The van der Waals surface area contributed by atoms with Gasteiger partial charge in [0.05, 0.1) is 12.7 Å². The second kappa shape index (κ2) is 4.15. The number of nitrogens with one attached hydrogen (secondary N) is 3. The van der Waals surface area contributed by atoms with Crippen LogP contribution in [0.25, 0.3) is 0 Å². The Morgan fingerprint density at radius 1 is 1.46 bits per heavy atom. The molecule has 13 heavy (non-hydrogen) atoms. The van der Waals surface area contributed by atoms with Crippen molar-refractivity contribution in [3.8, 4) is 0 Å². The summed E-state index contributed by atoms with van der Waals surface area (Å²) in [6.07, 6.45) is 2.39. The van der Waals surface area contributed by atoms with E-state index < -0.39 is 12.0 Å². The number of rotatable bonds is 1. The molecule has 0 aliphatic carbocycles. The lowest BCUT2D eigenvalue weighted by Crippen LogP contribution is -2.41. The molecule has 2 amide bonds. The van der Waals surface area contributed by atoms with E-state index in [1.807, 2.05) is 5.43 Å². The van der Waals surface area contributed by atoms with E-state index in [1.54, 1.807) is 12.3 Å². The second-order valence-corrected chi connectivity index (χ2v) is 2.17. The molecule has 0 radical (unpaired) electrons. The van der Waals surface area contributed by atoms with Gasteiger partial charge in [0.25, 0.3) is 5.91 Å². The first-order chi connectivity index (χ1) is 6.24. The van der Waals surface area contributed by atoms with Crippen LogP contribution in [-0.2, 0) is 4.74 Å². The van der Waals surface area contributed by atoms with Gasteiger partial charge in [0, 0.05) is 12.4 Å². The standard InChI is InChI=1S/C7H9N3O3/c1-13-7(12)10-9-6(11)5-2-3-8-4-5/h2-4,8H,1H3,(H,9,11)(H,10,12). The summed E-state index contributed by atoms with van der Waals surface area (Å²) >= 11 is 0. The molecule has 0 unspecified atom stereocenters. The van der Waals surface area contributed by atoms with E-state index in [9.17, 15) is 9.59 Å². The zero-order chi connectivity index (χ0) is 9.68. The first kappa shape index (κ1) is 9.11. The molecule has 0 fully saturated rings. The highest BCUT2D eigenvalue weighted by molar-refractivity contribution is 5.94. The van der Waals surface area contributed by atoms with Crippen LogP contribution in [0.15, 0.2) is 18.5 Å². The van der Waals surface area contributed by atoms with Crippen molar-refractivity contribution in [2.45, 2.75) is 0 Å². The minimum absolute atomic E-state index is 0.411. The Morgan fingerprint density at radius 3 is 2.77 bits per heavy atom. The zero-order valence-corrected chi connectivity index (χ0v) is 6.96. The van der Waals surface area contributed by atoms with Crippen molar-refractivity contribution >= 4 is 12.0 Å². The predicted octanol–water partition coefficient (Wildman–Crippen LogP) is 0.0155. The van der Waals surface area contributed by atoms with E-state index in [2.05, 4.69) is 15.1 Å². The Balaban J connectivity index is 2.39. The third-order valence-electron chi connectivity index (χ3n) is 1.32. The number of hydrogen-bond donors (Lipinski definition) is 3. The molecule has 6 nitrogen and oxygen atoms in total. The van der Waals surface area contributed by atoms with Crippen molar-refractivity contribution in [2.75, 3.05) is 7.11 Å². The number of aromatic nitrogens is 1. The molecule has 0 aromatic carbocycles. The van der Waals surface area contributed by atoms with Gasteiger partial charge >= 0.3 is 6.09 Å². The number of hydrogen-bond acceptors (Lipinski definition) is 3. The smallest absolute Gasteiger partial charge is 0.425 e. The maximum Gasteiger partial charge on any atom is 0.425 e. The summed E-state index contributed by atoms with van der Waals surface area (Å²) in [6, 6.07) is 1.58. The SMILES string of the molecule is COC(=O)NNC(=O)c1cc[nH]c1. The third-order valence-corrected chi connectivity index (χ3v) is 1.32. The topological polar surface area (TPSA) is 83.2 Å². The van der Waals surface area contributed by atoms with Gasteiger partial charge in [-0.2, -0.15) is 0 Å². The van der Waals surface area contributed by atoms with Gasteiger partial charge in [0.2, 0.25) is 0 Å². The fourth-order valence-electron chi connectivity index (χ4n) is 0.696. The summed E-state index contributed by atoms with van der Waals surface area (Å²) in [6.45, 7) is 0. The summed E-state index contributed by atoms with van der Waals surface area (Å²) in [5, 5.41) is 0. The fourth-order valence-corrected chi connectivity index (χ4v) is 0.696. The van der Waals surface area contributed by atoms with E-state index in [1.165, 1.54) is 13.3 Å². The molecule has 1 rings (SSSR count). The number of carbonyl (C=O) groups excluding carboxylic acids is 2. The molecule has 0 aliphatic rings. The largest absolute Gasteiger partial charge is 0.452 e. The Kier molecular flexibility index (Phi) is 2.91. The molecule has 1 aromatic rings. The lowest BCUT2D eigenvalue weighted by atomic mass is 10.3. The first-order valence-electron chi connectivity index (χ1n) is 3.51. The molecule has 0 saturated heterocycles. The van der Waals surface area contributed by atoms with Crippen molar-refractivity contribution in [2.24, 2.45) is 0 Å². The highest BCUT2D eigenvalue weighted by atomic mass is 16.5. The maximum absolute atomic E-state index is 11.1. The van der Waals surface area contributed by atoms with Crippen molar-refractivity contribution in [3.05, 3.63) is 24.0 Å². The van der Waals surface area contributed by atoms with Crippen LogP contribution in [0.2, 0.25) is 0 Å². The van der Waals surface area contributed by atoms with Crippen LogP contribution in [0, 0.1) is 0 Å². The van der Waals surface area contributed by atoms with Crippen molar-refractivity contribution in [1.29, 1.82) is 0 Å². The van der Waals surface area contributed by atoms with Gasteiger partial charge in [0.15, 0.2) is 0 Å². The van der Waals surface area contributed by atoms with Gasteiger partial charge in [0.1, 0.15) is 0 Å². The molecule has 70 valence electrons. The molecular weight excluding hydrogens is 174 g/mol. The van der Waals surface area contributed by atoms with E-state index in [0.29, 0.717) is 5.56 Å². The Morgan fingerprint density at radius 2 is 2.23 bits per heavy atom. The molecule has 1 heterocycles. The van der Waals surface area contributed by atoms with Gasteiger partial charge < -0.3 is 9.72 Å². The molecule has 0 aliphatic heterocycles. The molecule has 0 atom stereocenters. The number of H-pyrrole nitrogens is 1. The van der Waals surface area contributed by atoms with E-state index in [4.69, 9.17) is 0 Å². The monoisotopic (exact) mass is 183 g/mol. The molecule has 3 N–H and O–H groups in total. The summed E-state index contributed by atoms with van der Waals surface area (Å²) in [4.78, 5) is 24.4. The van der Waals surface area contributed by atoms with Crippen LogP contribution in [0.1, 0.15) is 10.4 Å². The molecular formula is C7H9N3O3. The van der Waals surface area contributed by atoms with Crippen molar-refractivity contribution in [1.82, 2.24) is 15.8 Å². The third kappa shape index (κ3) is 2.51.